The Morgan fingerprint density at radius 3 is 2.72 bits per heavy atom. The van der Waals surface area contributed by atoms with Crippen molar-refractivity contribution in [2.45, 2.75) is 13.0 Å². The molecule has 0 aliphatic carbocycles. The normalized spacial score (nSPS) is 12.6. The summed E-state index contributed by atoms with van der Waals surface area (Å²) in [5, 5.41) is 11.5. The highest BCUT2D eigenvalue weighted by Gasteiger charge is 2.25. The quantitative estimate of drug-likeness (QED) is 0.297. The summed E-state index contributed by atoms with van der Waals surface area (Å²) in [5.74, 6) is 6.92. The molecule has 0 saturated carbocycles. The molecule has 0 fully saturated rings. The summed E-state index contributed by atoms with van der Waals surface area (Å²) >= 11 is 0. The van der Waals surface area contributed by atoms with Crippen molar-refractivity contribution in [2.24, 2.45) is 0 Å². The van der Waals surface area contributed by atoms with Crippen LogP contribution in [0.25, 0.3) is 28.4 Å². The lowest BCUT2D eigenvalue weighted by atomic mass is 9.97. The molecule has 1 atom stereocenters. The van der Waals surface area contributed by atoms with Crippen LogP contribution in [0.3, 0.4) is 0 Å². The zero-order valence-electron chi connectivity index (χ0n) is 21.2. The zero-order valence-corrected chi connectivity index (χ0v) is 21.2. The number of amides is 1. The van der Waals surface area contributed by atoms with Gasteiger partial charge in [0, 0.05) is 47.2 Å². The van der Waals surface area contributed by atoms with Gasteiger partial charge in [-0.25, -0.2) is 9.67 Å². The molecular weight excluding hydrogens is 486 g/mol. The Balaban J connectivity index is 1.42. The third kappa shape index (κ3) is 4.69. The zero-order chi connectivity index (χ0) is 26.8. The first kappa shape index (κ1) is 23.9. The number of rotatable bonds is 4. The maximum Gasteiger partial charge on any atom is 0.259 e. The number of nitrogens with two attached hydrogens (primary N) is 1. The SMILES string of the molecule is CC(NC(=O)c1c(N)nn2c1NCC=C2)c1cc2cccc(C#Cc3ccncc3)c2nc1-c1ccccc1. The summed E-state index contributed by atoms with van der Waals surface area (Å²) in [4.78, 5) is 22.6. The van der Waals surface area contributed by atoms with Gasteiger partial charge in [0.05, 0.1) is 22.8 Å². The number of pyridine rings is 2. The van der Waals surface area contributed by atoms with Crippen molar-refractivity contribution in [1.82, 2.24) is 25.1 Å². The van der Waals surface area contributed by atoms with Gasteiger partial charge in [-0.2, -0.15) is 0 Å². The molecule has 190 valence electrons. The molecule has 39 heavy (non-hydrogen) atoms. The van der Waals surface area contributed by atoms with Crippen molar-refractivity contribution < 1.29 is 4.79 Å². The van der Waals surface area contributed by atoms with Crippen LogP contribution < -0.4 is 16.4 Å². The van der Waals surface area contributed by atoms with Crippen LogP contribution in [-0.2, 0) is 0 Å². The summed E-state index contributed by atoms with van der Waals surface area (Å²) in [7, 11) is 0. The first-order valence-electron chi connectivity index (χ1n) is 12.6. The molecule has 8 heteroatoms. The van der Waals surface area contributed by atoms with Crippen LogP contribution >= 0.6 is 0 Å². The minimum absolute atomic E-state index is 0.172. The van der Waals surface area contributed by atoms with E-state index in [0.717, 1.165) is 38.9 Å². The Morgan fingerprint density at radius 1 is 1.08 bits per heavy atom. The van der Waals surface area contributed by atoms with Gasteiger partial charge in [-0.05, 0) is 37.3 Å². The van der Waals surface area contributed by atoms with Crippen LogP contribution in [0, 0.1) is 11.8 Å². The molecule has 1 aliphatic rings. The highest BCUT2D eigenvalue weighted by Crippen LogP contribution is 2.32. The minimum atomic E-state index is -0.370. The number of anilines is 2. The maximum absolute atomic E-state index is 13.4. The molecule has 4 heterocycles. The number of fused-ring (bicyclic) bond motifs is 2. The highest BCUT2D eigenvalue weighted by molar-refractivity contribution is 6.04. The standard InChI is InChI=1S/C31H25N7O/c1-20(35-31(39)26-29(32)37-38-18-6-15-34-30(26)38)25-19-24-10-5-9-23(12-11-21-13-16-33-17-14-21)27(24)36-28(25)22-7-3-2-4-8-22/h2-10,13-14,16-20,34H,15H2,1H3,(H2,32,37)(H,35,39). The largest absolute Gasteiger partial charge is 0.381 e. The summed E-state index contributed by atoms with van der Waals surface area (Å²) in [6, 6.07) is 21.3. The van der Waals surface area contributed by atoms with Gasteiger partial charge in [0.25, 0.3) is 5.91 Å². The second-order valence-electron chi connectivity index (χ2n) is 9.17. The lowest BCUT2D eigenvalue weighted by Gasteiger charge is -2.20. The van der Waals surface area contributed by atoms with Gasteiger partial charge in [-0.1, -0.05) is 54.3 Å². The molecule has 0 radical (unpaired) electrons. The Bertz CT molecular complexity index is 1780. The molecule has 3 aromatic heterocycles. The van der Waals surface area contributed by atoms with Gasteiger partial charge in [0.1, 0.15) is 11.4 Å². The predicted octanol–water partition coefficient (Wildman–Crippen LogP) is 4.86. The second kappa shape index (κ2) is 10.1. The van der Waals surface area contributed by atoms with E-state index in [1.165, 1.54) is 0 Å². The van der Waals surface area contributed by atoms with Crippen molar-refractivity contribution >= 4 is 34.6 Å². The van der Waals surface area contributed by atoms with E-state index in [9.17, 15) is 4.79 Å². The van der Waals surface area contributed by atoms with Gasteiger partial charge in [-0.3, -0.25) is 9.78 Å². The fourth-order valence-corrected chi connectivity index (χ4v) is 4.66. The van der Waals surface area contributed by atoms with Crippen molar-refractivity contribution in [3.05, 3.63) is 107 Å². The van der Waals surface area contributed by atoms with E-state index in [-0.39, 0.29) is 17.8 Å². The van der Waals surface area contributed by atoms with E-state index in [1.807, 2.05) is 73.7 Å². The molecule has 1 unspecified atom stereocenters. The second-order valence-corrected chi connectivity index (χ2v) is 9.17. The molecule has 1 amide bonds. The van der Waals surface area contributed by atoms with E-state index >= 15 is 0 Å². The molecule has 1 aliphatic heterocycles. The Hall–Kier alpha value is -5.42. The summed E-state index contributed by atoms with van der Waals surface area (Å²) in [6.07, 6.45) is 7.15. The van der Waals surface area contributed by atoms with Crippen molar-refractivity contribution in [3.63, 3.8) is 0 Å². The number of carbonyl (C=O) groups is 1. The smallest absolute Gasteiger partial charge is 0.259 e. The number of nitrogens with one attached hydrogen (secondary N) is 2. The van der Waals surface area contributed by atoms with Crippen LogP contribution in [0.1, 0.15) is 40.0 Å². The number of para-hydroxylation sites is 1. The Kier molecular flexibility index (Phi) is 6.23. The number of nitrogens with zero attached hydrogens (tertiary/aromatic N) is 4. The number of hydrogen-bond acceptors (Lipinski definition) is 6. The van der Waals surface area contributed by atoms with Gasteiger partial charge < -0.3 is 16.4 Å². The number of hydrogen-bond donors (Lipinski definition) is 3. The number of benzene rings is 2. The van der Waals surface area contributed by atoms with Crippen molar-refractivity contribution in [3.8, 4) is 23.1 Å². The van der Waals surface area contributed by atoms with Crippen LogP contribution in [0.5, 0.6) is 0 Å². The summed E-state index contributed by atoms with van der Waals surface area (Å²) < 4.78 is 1.58. The highest BCUT2D eigenvalue weighted by atomic mass is 16.1. The molecular formula is C31H25N7O. The van der Waals surface area contributed by atoms with Crippen molar-refractivity contribution in [2.75, 3.05) is 17.6 Å². The molecule has 2 aromatic carbocycles. The number of aromatic nitrogens is 4. The molecule has 5 aromatic rings. The van der Waals surface area contributed by atoms with E-state index in [4.69, 9.17) is 10.7 Å². The van der Waals surface area contributed by atoms with Crippen LogP contribution in [0.2, 0.25) is 0 Å². The molecule has 0 saturated heterocycles. The molecule has 0 spiro atoms. The van der Waals surface area contributed by atoms with Crippen LogP contribution in [0.4, 0.5) is 11.6 Å². The fourth-order valence-electron chi connectivity index (χ4n) is 4.66. The molecule has 8 nitrogen and oxygen atoms in total. The number of carbonyl (C=O) groups excluding carboxylic acids is 1. The van der Waals surface area contributed by atoms with Gasteiger partial charge in [-0.15, -0.1) is 5.10 Å². The van der Waals surface area contributed by atoms with E-state index in [2.05, 4.69) is 38.6 Å². The average molecular weight is 512 g/mol. The van der Waals surface area contributed by atoms with Crippen LogP contribution in [-0.4, -0.2) is 32.2 Å². The summed E-state index contributed by atoms with van der Waals surface area (Å²) in [5.41, 5.74) is 11.6. The first-order chi connectivity index (χ1) is 19.1. The fraction of sp³-hybridized carbons (Fsp3) is 0.0968. The van der Waals surface area contributed by atoms with Gasteiger partial charge >= 0.3 is 0 Å². The lowest BCUT2D eigenvalue weighted by molar-refractivity contribution is 0.0941. The van der Waals surface area contributed by atoms with Crippen LogP contribution in [0.15, 0.2) is 85.2 Å². The Morgan fingerprint density at radius 2 is 1.90 bits per heavy atom. The van der Waals surface area contributed by atoms with Gasteiger partial charge in [0.2, 0.25) is 0 Å². The van der Waals surface area contributed by atoms with E-state index < -0.39 is 0 Å². The Labute approximate surface area is 225 Å². The maximum atomic E-state index is 13.4. The third-order valence-corrected chi connectivity index (χ3v) is 6.56. The number of nitrogen functional groups attached to an aromatic ring is 1. The topological polar surface area (TPSA) is 111 Å². The predicted molar refractivity (Wildman–Crippen MR) is 154 cm³/mol. The van der Waals surface area contributed by atoms with Crippen molar-refractivity contribution in [1.29, 1.82) is 0 Å². The van der Waals surface area contributed by atoms with E-state index in [1.54, 1.807) is 23.3 Å². The summed E-state index contributed by atoms with van der Waals surface area (Å²) in [6.45, 7) is 2.54. The monoisotopic (exact) mass is 511 g/mol. The van der Waals surface area contributed by atoms with E-state index in [0.29, 0.717) is 17.9 Å². The third-order valence-electron chi connectivity index (χ3n) is 6.56. The molecule has 6 rings (SSSR count). The first-order valence-corrected chi connectivity index (χ1v) is 12.6. The lowest BCUT2D eigenvalue weighted by Crippen LogP contribution is -2.28. The molecule has 4 N–H and O–H groups in total. The molecule has 0 bridgehead atoms. The average Bonchev–Trinajstić information content (AvgIpc) is 3.32. The minimum Gasteiger partial charge on any atom is -0.381 e. The van der Waals surface area contributed by atoms with Gasteiger partial charge in [0.15, 0.2) is 5.82 Å².